The van der Waals surface area contributed by atoms with Gasteiger partial charge in [0.15, 0.2) is 11.5 Å². The van der Waals surface area contributed by atoms with Crippen LogP contribution < -0.4 is 20.1 Å². The van der Waals surface area contributed by atoms with Crippen molar-refractivity contribution in [2.24, 2.45) is 0 Å². The standard InChI is InChI=1S/C24H31ClN2O6/c1-12-15-16(24(8-9-24)11-26-20(15)28)17(25)19-18(12)31-23(5,32-19)14-7-6-13(10-30-14)27-21(29)33-22(2,3)4/h13-14H,6-11H2,1-5H3,(H,26,28)(H,27,29)/t13-,14+,23?/m1/s1. The maximum Gasteiger partial charge on any atom is 0.407 e. The molecule has 2 N–H and O–H groups in total. The lowest BCUT2D eigenvalue weighted by Crippen LogP contribution is -2.54. The van der Waals surface area contributed by atoms with Crippen molar-refractivity contribution in [3.63, 3.8) is 0 Å². The van der Waals surface area contributed by atoms with E-state index in [4.69, 9.17) is 30.5 Å². The molecule has 3 heterocycles. The van der Waals surface area contributed by atoms with E-state index in [1.54, 1.807) is 0 Å². The van der Waals surface area contributed by atoms with Crippen molar-refractivity contribution in [2.75, 3.05) is 13.2 Å². The van der Waals surface area contributed by atoms with Crippen LogP contribution >= 0.6 is 11.6 Å². The maximum absolute atomic E-state index is 12.7. The second kappa shape index (κ2) is 7.40. The number of ether oxygens (including phenoxy) is 4. The quantitative estimate of drug-likeness (QED) is 0.667. The molecule has 1 unspecified atom stereocenters. The molecule has 1 spiro atoms. The van der Waals surface area contributed by atoms with Gasteiger partial charge in [-0.2, -0.15) is 0 Å². The number of nitrogens with one attached hydrogen (secondary N) is 2. The van der Waals surface area contributed by atoms with E-state index in [0.29, 0.717) is 48.1 Å². The molecule has 1 aromatic rings. The zero-order chi connectivity index (χ0) is 23.8. The lowest BCUT2D eigenvalue weighted by atomic mass is 9.84. The molecular weight excluding hydrogens is 448 g/mol. The van der Waals surface area contributed by atoms with Gasteiger partial charge in [0.25, 0.3) is 11.7 Å². The fraction of sp³-hybridized carbons (Fsp3) is 0.667. The van der Waals surface area contributed by atoms with E-state index in [1.165, 1.54) is 0 Å². The summed E-state index contributed by atoms with van der Waals surface area (Å²) in [5.74, 6) is -0.197. The average Bonchev–Trinajstić information content (AvgIpc) is 3.40. The van der Waals surface area contributed by atoms with Crippen LogP contribution in [0.1, 0.15) is 74.9 Å². The van der Waals surface area contributed by atoms with Gasteiger partial charge >= 0.3 is 6.09 Å². The van der Waals surface area contributed by atoms with Crippen LogP contribution in [0.5, 0.6) is 11.5 Å². The number of fused-ring (bicyclic) bond motifs is 3. The lowest BCUT2D eigenvalue weighted by Gasteiger charge is -2.37. The largest absolute Gasteiger partial charge is 0.446 e. The Morgan fingerprint density at radius 1 is 1.21 bits per heavy atom. The summed E-state index contributed by atoms with van der Waals surface area (Å²) in [7, 11) is 0. The first kappa shape index (κ1) is 22.6. The van der Waals surface area contributed by atoms with Crippen LogP contribution in [0.3, 0.4) is 0 Å². The molecule has 3 aliphatic heterocycles. The van der Waals surface area contributed by atoms with Gasteiger partial charge in [0.05, 0.1) is 23.2 Å². The summed E-state index contributed by atoms with van der Waals surface area (Å²) in [6.45, 7) is 10.1. The molecule has 0 radical (unpaired) electrons. The van der Waals surface area contributed by atoms with Crippen molar-refractivity contribution in [1.29, 1.82) is 0 Å². The van der Waals surface area contributed by atoms with Crippen molar-refractivity contribution in [1.82, 2.24) is 10.6 Å². The summed E-state index contributed by atoms with van der Waals surface area (Å²) in [6, 6.07) is -0.153. The van der Waals surface area contributed by atoms with Crippen molar-refractivity contribution >= 4 is 23.6 Å². The van der Waals surface area contributed by atoms with Crippen LogP contribution in [-0.4, -0.2) is 48.7 Å². The molecule has 8 nitrogen and oxygen atoms in total. The molecule has 5 rings (SSSR count). The third-order valence-electron chi connectivity index (χ3n) is 6.98. The van der Waals surface area contributed by atoms with Gasteiger partial charge in [0.1, 0.15) is 11.7 Å². The number of hydrogen-bond donors (Lipinski definition) is 2. The Kier molecular flexibility index (Phi) is 5.07. The number of carbonyl (C=O) groups excluding carboxylic acids is 2. The summed E-state index contributed by atoms with van der Waals surface area (Å²) >= 11 is 6.85. The van der Waals surface area contributed by atoms with Crippen LogP contribution in [0.15, 0.2) is 0 Å². The Bertz CT molecular complexity index is 1020. The predicted octanol–water partition coefficient (Wildman–Crippen LogP) is 3.98. The fourth-order valence-corrected chi connectivity index (χ4v) is 5.52. The normalized spacial score (nSPS) is 29.3. The van der Waals surface area contributed by atoms with E-state index in [1.807, 2.05) is 34.6 Å². The third-order valence-corrected chi connectivity index (χ3v) is 7.34. The average molecular weight is 479 g/mol. The Morgan fingerprint density at radius 2 is 1.91 bits per heavy atom. The highest BCUT2D eigenvalue weighted by Gasteiger charge is 2.55. The molecule has 33 heavy (non-hydrogen) atoms. The number of amides is 2. The van der Waals surface area contributed by atoms with Gasteiger partial charge in [-0.1, -0.05) is 11.6 Å². The molecule has 2 amide bonds. The Balaban J connectivity index is 1.32. The van der Waals surface area contributed by atoms with Gasteiger partial charge in [-0.25, -0.2) is 4.79 Å². The number of hydrogen-bond acceptors (Lipinski definition) is 6. The van der Waals surface area contributed by atoms with Crippen LogP contribution in [0.2, 0.25) is 5.02 Å². The molecule has 1 saturated heterocycles. The summed E-state index contributed by atoms with van der Waals surface area (Å²) in [5.41, 5.74) is 1.60. The summed E-state index contributed by atoms with van der Waals surface area (Å²) in [6.07, 6.45) is 2.48. The van der Waals surface area contributed by atoms with Gasteiger partial charge < -0.3 is 29.6 Å². The summed E-state index contributed by atoms with van der Waals surface area (Å²) in [4.78, 5) is 24.8. The summed E-state index contributed by atoms with van der Waals surface area (Å²) in [5, 5.41) is 6.34. The molecule has 180 valence electrons. The fourth-order valence-electron chi connectivity index (χ4n) is 5.10. The SMILES string of the molecule is Cc1c2c(c(Cl)c3c1C(=O)NCC31CC1)OC(C)([C@@H]1CC[C@@H](NC(=O)OC(C)(C)C)CO1)O2. The van der Waals surface area contributed by atoms with Crippen LogP contribution in [-0.2, 0) is 14.9 Å². The number of halogens is 1. The lowest BCUT2D eigenvalue weighted by molar-refractivity contribution is -0.185. The smallest absolute Gasteiger partial charge is 0.407 e. The van der Waals surface area contributed by atoms with Crippen molar-refractivity contribution in [3.05, 3.63) is 21.7 Å². The minimum Gasteiger partial charge on any atom is -0.446 e. The van der Waals surface area contributed by atoms with Gasteiger partial charge in [-0.05, 0) is 58.9 Å². The highest BCUT2D eigenvalue weighted by Crippen LogP contribution is 2.59. The van der Waals surface area contributed by atoms with Gasteiger partial charge in [-0.15, -0.1) is 0 Å². The summed E-state index contributed by atoms with van der Waals surface area (Å²) < 4.78 is 24.0. The Labute approximate surface area is 198 Å². The van der Waals surface area contributed by atoms with E-state index >= 15 is 0 Å². The van der Waals surface area contributed by atoms with Crippen LogP contribution in [0, 0.1) is 6.92 Å². The molecule has 3 atom stereocenters. The molecular formula is C24H31ClN2O6. The monoisotopic (exact) mass is 478 g/mol. The molecule has 4 aliphatic rings. The zero-order valence-corrected chi connectivity index (χ0v) is 20.5. The third kappa shape index (κ3) is 3.81. The van der Waals surface area contributed by atoms with Crippen molar-refractivity contribution < 1.29 is 28.5 Å². The molecule has 0 bridgehead atoms. The highest BCUT2D eigenvalue weighted by atomic mass is 35.5. The number of alkyl carbamates (subject to hydrolysis) is 1. The minimum absolute atomic E-state index is 0.0929. The first-order valence-corrected chi connectivity index (χ1v) is 11.9. The van der Waals surface area contributed by atoms with Crippen LogP contribution in [0.4, 0.5) is 4.79 Å². The zero-order valence-electron chi connectivity index (χ0n) is 19.7. The molecule has 1 aromatic carbocycles. The van der Waals surface area contributed by atoms with Gasteiger partial charge in [-0.3, -0.25) is 4.79 Å². The highest BCUT2D eigenvalue weighted by molar-refractivity contribution is 6.34. The first-order valence-electron chi connectivity index (χ1n) is 11.6. The van der Waals surface area contributed by atoms with Crippen molar-refractivity contribution in [3.8, 4) is 11.5 Å². The van der Waals surface area contributed by atoms with Crippen LogP contribution in [0.25, 0.3) is 0 Å². The van der Waals surface area contributed by atoms with Gasteiger partial charge in [0.2, 0.25) is 0 Å². The van der Waals surface area contributed by atoms with E-state index < -0.39 is 17.5 Å². The molecule has 1 saturated carbocycles. The second-order valence-electron chi connectivity index (χ2n) is 10.8. The van der Waals surface area contributed by atoms with Crippen molar-refractivity contribution in [2.45, 2.75) is 89.3 Å². The van der Waals surface area contributed by atoms with E-state index in [0.717, 1.165) is 24.0 Å². The molecule has 2 fully saturated rings. The van der Waals surface area contributed by atoms with E-state index in [2.05, 4.69) is 10.6 Å². The number of benzene rings is 1. The topological polar surface area (TPSA) is 95.1 Å². The van der Waals surface area contributed by atoms with E-state index in [-0.39, 0.29) is 23.5 Å². The van der Waals surface area contributed by atoms with E-state index in [9.17, 15) is 9.59 Å². The molecule has 1 aliphatic carbocycles. The Morgan fingerprint density at radius 3 is 2.52 bits per heavy atom. The molecule has 9 heteroatoms. The maximum atomic E-state index is 12.7. The Hall–Kier alpha value is -2.19. The second-order valence-corrected chi connectivity index (χ2v) is 11.2. The first-order chi connectivity index (χ1) is 15.4. The minimum atomic E-state index is -1.08. The van der Waals surface area contributed by atoms with Gasteiger partial charge in [0, 0.05) is 24.4 Å². The predicted molar refractivity (Wildman–Crippen MR) is 121 cm³/mol. The number of rotatable bonds is 2. The number of carbonyl (C=O) groups is 2. The molecule has 0 aromatic heterocycles.